The number of nitrogens with zero attached hydrogens (tertiary/aromatic N) is 3. The first-order chi connectivity index (χ1) is 17.4. The van der Waals surface area contributed by atoms with Crippen LogP contribution < -0.4 is 15.5 Å². The fourth-order valence-electron chi connectivity index (χ4n) is 5.74. The van der Waals surface area contributed by atoms with Gasteiger partial charge in [0.25, 0.3) is 5.91 Å². The van der Waals surface area contributed by atoms with Crippen LogP contribution in [0.15, 0.2) is 36.4 Å². The number of piperidine rings is 1. The van der Waals surface area contributed by atoms with Crippen molar-refractivity contribution in [1.29, 1.82) is 0 Å². The fourth-order valence-corrected chi connectivity index (χ4v) is 5.74. The van der Waals surface area contributed by atoms with E-state index in [-0.39, 0.29) is 11.8 Å². The van der Waals surface area contributed by atoms with Gasteiger partial charge in [0.2, 0.25) is 5.95 Å². The fraction of sp³-hybridized carbons (Fsp3) is 0.517. The Hall–Kier alpha value is -2.90. The third-order valence-electron chi connectivity index (χ3n) is 8.16. The number of hydrogen-bond acceptors (Lipinski definition) is 5. The number of carbonyl (C=O) groups excluding carboxylic acids is 1. The van der Waals surface area contributed by atoms with Gasteiger partial charge in [0.15, 0.2) is 0 Å². The first-order valence-electron chi connectivity index (χ1n) is 13.4. The average molecular weight is 490 g/mol. The molecule has 1 aliphatic carbocycles. The Balaban J connectivity index is 1.37. The van der Waals surface area contributed by atoms with Gasteiger partial charge in [0.1, 0.15) is 6.23 Å². The molecule has 192 valence electrons. The van der Waals surface area contributed by atoms with Crippen LogP contribution in [0.25, 0.3) is 11.0 Å². The molecule has 2 heterocycles. The molecule has 1 saturated heterocycles. The van der Waals surface area contributed by atoms with Crippen LogP contribution in [0.4, 0.5) is 5.95 Å². The third kappa shape index (κ3) is 5.13. The molecule has 1 aromatic heterocycles. The van der Waals surface area contributed by atoms with Gasteiger partial charge in [-0.1, -0.05) is 25.0 Å². The number of imidazole rings is 1. The molecule has 1 amide bonds. The number of benzene rings is 2. The zero-order valence-electron chi connectivity index (χ0n) is 21.8. The van der Waals surface area contributed by atoms with Gasteiger partial charge < -0.3 is 19.9 Å². The lowest BCUT2D eigenvalue weighted by Gasteiger charge is -2.36. The summed E-state index contributed by atoms with van der Waals surface area (Å²) in [4.78, 5) is 19.4. The molecule has 7 heteroatoms. The molecule has 1 atom stereocenters. The predicted octanol–water partition coefficient (Wildman–Crippen LogP) is 4.13. The molecule has 2 aliphatic rings. The number of aromatic nitrogens is 2. The highest BCUT2D eigenvalue weighted by Crippen LogP contribution is 2.31. The van der Waals surface area contributed by atoms with Crippen LogP contribution in [0.2, 0.25) is 0 Å². The summed E-state index contributed by atoms with van der Waals surface area (Å²) in [6.45, 7) is 6.73. The summed E-state index contributed by atoms with van der Waals surface area (Å²) in [5.74, 6) is 1.19. The van der Waals surface area contributed by atoms with Crippen molar-refractivity contribution in [1.82, 2.24) is 20.2 Å². The highest BCUT2D eigenvalue weighted by Gasteiger charge is 2.29. The van der Waals surface area contributed by atoms with E-state index in [2.05, 4.69) is 46.1 Å². The van der Waals surface area contributed by atoms with E-state index in [1.807, 2.05) is 24.3 Å². The van der Waals surface area contributed by atoms with E-state index in [9.17, 15) is 9.90 Å². The van der Waals surface area contributed by atoms with Gasteiger partial charge in [-0.05, 0) is 80.5 Å². The summed E-state index contributed by atoms with van der Waals surface area (Å²) in [5.41, 5.74) is 6.44. The molecule has 1 saturated carbocycles. The van der Waals surface area contributed by atoms with E-state index in [1.54, 1.807) is 7.05 Å². The summed E-state index contributed by atoms with van der Waals surface area (Å²) < 4.78 is 2.31. The van der Waals surface area contributed by atoms with Crippen molar-refractivity contribution in [3.05, 3.63) is 58.7 Å². The maximum absolute atomic E-state index is 12.0. The van der Waals surface area contributed by atoms with Crippen molar-refractivity contribution in [3.8, 4) is 0 Å². The van der Waals surface area contributed by atoms with Crippen molar-refractivity contribution in [2.45, 2.75) is 71.2 Å². The van der Waals surface area contributed by atoms with Gasteiger partial charge in [0.05, 0.1) is 17.6 Å². The monoisotopic (exact) mass is 489 g/mol. The van der Waals surface area contributed by atoms with Crippen LogP contribution in [0.3, 0.4) is 0 Å². The number of nitrogens with one attached hydrogen (secondary N) is 2. The second-order valence-corrected chi connectivity index (χ2v) is 10.6. The van der Waals surface area contributed by atoms with Crippen LogP contribution in [0.5, 0.6) is 0 Å². The number of amides is 1. The number of carbonyl (C=O) groups is 1. The molecular weight excluding hydrogens is 450 g/mol. The average Bonchev–Trinajstić information content (AvgIpc) is 3.52. The minimum Gasteiger partial charge on any atom is -0.378 e. The summed E-state index contributed by atoms with van der Waals surface area (Å²) in [6, 6.07) is 12.7. The summed E-state index contributed by atoms with van der Waals surface area (Å²) in [5, 5.41) is 17.0. The largest absolute Gasteiger partial charge is 0.378 e. The van der Waals surface area contributed by atoms with Crippen molar-refractivity contribution in [2.75, 3.05) is 25.0 Å². The Morgan fingerprint density at radius 2 is 1.72 bits per heavy atom. The van der Waals surface area contributed by atoms with E-state index in [0.29, 0.717) is 18.2 Å². The molecule has 3 N–H and O–H groups in total. The summed E-state index contributed by atoms with van der Waals surface area (Å²) >= 11 is 0. The van der Waals surface area contributed by atoms with E-state index in [0.717, 1.165) is 48.5 Å². The smallest absolute Gasteiger partial charge is 0.251 e. The van der Waals surface area contributed by atoms with Crippen LogP contribution in [0, 0.1) is 19.8 Å². The van der Waals surface area contributed by atoms with Crippen molar-refractivity contribution >= 4 is 22.9 Å². The second kappa shape index (κ2) is 10.6. The maximum Gasteiger partial charge on any atom is 0.251 e. The Morgan fingerprint density at radius 3 is 2.39 bits per heavy atom. The molecule has 3 aromatic rings. The number of fused-ring (bicyclic) bond motifs is 1. The Kier molecular flexibility index (Phi) is 7.30. The SMILES string of the molecule is CNC(=O)c1ccc(Cn2c(N3CCC(C(O)NC4CCCC4)CC3)nc3cc(C)c(C)cc32)cc1. The van der Waals surface area contributed by atoms with Gasteiger partial charge in [-0.15, -0.1) is 0 Å². The van der Waals surface area contributed by atoms with Gasteiger partial charge in [-0.3, -0.25) is 10.1 Å². The molecular formula is C29H39N5O2. The number of anilines is 1. The van der Waals surface area contributed by atoms with E-state index in [1.165, 1.54) is 36.8 Å². The number of aliphatic hydroxyl groups is 1. The third-order valence-corrected chi connectivity index (χ3v) is 8.16. The number of hydrogen-bond donors (Lipinski definition) is 3. The van der Waals surface area contributed by atoms with Gasteiger partial charge in [-0.2, -0.15) is 0 Å². The zero-order chi connectivity index (χ0) is 25.2. The summed E-state index contributed by atoms with van der Waals surface area (Å²) in [7, 11) is 1.65. The molecule has 1 unspecified atom stereocenters. The molecule has 2 aromatic carbocycles. The Labute approximate surface area is 213 Å². The molecule has 7 nitrogen and oxygen atoms in total. The zero-order valence-corrected chi connectivity index (χ0v) is 21.8. The van der Waals surface area contributed by atoms with Crippen LogP contribution in [-0.4, -0.2) is 53.0 Å². The van der Waals surface area contributed by atoms with Gasteiger partial charge in [0, 0.05) is 37.7 Å². The summed E-state index contributed by atoms with van der Waals surface area (Å²) in [6.07, 6.45) is 6.38. The molecule has 1 aliphatic heterocycles. The highest BCUT2D eigenvalue weighted by atomic mass is 16.3. The lowest BCUT2D eigenvalue weighted by Crippen LogP contribution is -2.46. The van der Waals surface area contributed by atoms with Crippen LogP contribution in [0.1, 0.15) is 65.6 Å². The standard InChI is InChI=1S/C29H39N5O2/c1-19-16-25-26(17-20(19)2)34(18-21-8-10-22(11-9-21)27(35)30-3)29(32-25)33-14-12-23(13-15-33)28(36)31-24-6-4-5-7-24/h8-11,16-17,23-24,28,31,36H,4-7,12-15,18H2,1-3H3,(H,30,35). The highest BCUT2D eigenvalue weighted by molar-refractivity contribution is 5.94. The molecule has 36 heavy (non-hydrogen) atoms. The van der Waals surface area contributed by atoms with Gasteiger partial charge in [-0.25, -0.2) is 4.98 Å². The maximum atomic E-state index is 12.0. The van der Waals surface area contributed by atoms with Crippen LogP contribution >= 0.6 is 0 Å². The minimum absolute atomic E-state index is 0.0751. The first kappa shape index (κ1) is 24.8. The van der Waals surface area contributed by atoms with Crippen molar-refractivity contribution < 1.29 is 9.90 Å². The quantitative estimate of drug-likeness (QED) is 0.435. The number of aryl methyl sites for hydroxylation is 2. The van der Waals surface area contributed by atoms with Crippen molar-refractivity contribution in [2.24, 2.45) is 5.92 Å². The molecule has 0 spiro atoms. The van der Waals surface area contributed by atoms with Gasteiger partial charge >= 0.3 is 0 Å². The first-order valence-corrected chi connectivity index (χ1v) is 13.4. The van der Waals surface area contributed by atoms with E-state index < -0.39 is 6.23 Å². The van der Waals surface area contributed by atoms with E-state index >= 15 is 0 Å². The predicted molar refractivity (Wildman–Crippen MR) is 144 cm³/mol. The second-order valence-electron chi connectivity index (χ2n) is 10.6. The topological polar surface area (TPSA) is 82.4 Å². The lowest BCUT2D eigenvalue weighted by atomic mass is 9.94. The number of rotatable bonds is 7. The van der Waals surface area contributed by atoms with E-state index in [4.69, 9.17) is 4.98 Å². The molecule has 0 bridgehead atoms. The lowest BCUT2D eigenvalue weighted by molar-refractivity contribution is 0.0512. The van der Waals surface area contributed by atoms with Crippen LogP contribution in [-0.2, 0) is 6.54 Å². The van der Waals surface area contributed by atoms with Crippen molar-refractivity contribution in [3.63, 3.8) is 0 Å². The Bertz CT molecular complexity index is 1200. The molecule has 2 fully saturated rings. The molecule has 5 rings (SSSR count). The minimum atomic E-state index is -0.418. The Morgan fingerprint density at radius 1 is 1.06 bits per heavy atom. The normalized spacial score (nSPS) is 18.2. The number of aliphatic hydroxyl groups excluding tert-OH is 1. The molecule has 0 radical (unpaired) electrons.